The Balaban J connectivity index is 1.47. The lowest BCUT2D eigenvalue weighted by molar-refractivity contribution is -0.137. The fourth-order valence-corrected chi connectivity index (χ4v) is 5.81. The van der Waals surface area contributed by atoms with Gasteiger partial charge in [-0.15, -0.1) is 0 Å². The van der Waals surface area contributed by atoms with Crippen LogP contribution in [0.5, 0.6) is 0 Å². The summed E-state index contributed by atoms with van der Waals surface area (Å²) >= 11 is 0. The second-order valence-electron chi connectivity index (χ2n) is 9.83. The predicted octanol–water partition coefficient (Wildman–Crippen LogP) is 4.46. The summed E-state index contributed by atoms with van der Waals surface area (Å²) < 4.78 is 40.9. The van der Waals surface area contributed by atoms with Crippen LogP contribution in [0.25, 0.3) is 0 Å². The SMILES string of the molecule is CC1=NN(c2ccc(C)cc2)C(=O)[C@@]12Cc1cc(C(F)(F)F)ccc1N1CCN(c3ncccn3)C[C@@H]12. The molecule has 2 atom stereocenters. The molecule has 4 heterocycles. The lowest BCUT2D eigenvalue weighted by Gasteiger charge is -2.53. The van der Waals surface area contributed by atoms with Gasteiger partial charge in [0, 0.05) is 37.7 Å². The van der Waals surface area contributed by atoms with Crippen LogP contribution in [0.3, 0.4) is 0 Å². The zero-order valence-electron chi connectivity index (χ0n) is 20.4. The van der Waals surface area contributed by atoms with Crippen LogP contribution in [-0.4, -0.2) is 47.3 Å². The first-order valence-corrected chi connectivity index (χ1v) is 12.1. The number of aromatic nitrogens is 2. The number of carbonyl (C=O) groups excluding carboxylic acids is 1. The summed E-state index contributed by atoms with van der Waals surface area (Å²) in [6.45, 7) is 5.28. The van der Waals surface area contributed by atoms with E-state index in [1.165, 1.54) is 17.1 Å². The Labute approximate surface area is 212 Å². The number of anilines is 3. The van der Waals surface area contributed by atoms with Gasteiger partial charge in [-0.05, 0) is 62.2 Å². The Bertz CT molecular complexity index is 1390. The minimum absolute atomic E-state index is 0.132. The maximum Gasteiger partial charge on any atom is 0.416 e. The Morgan fingerprint density at radius 2 is 1.73 bits per heavy atom. The number of halogens is 3. The number of aryl methyl sites for hydroxylation is 1. The summed E-state index contributed by atoms with van der Waals surface area (Å²) in [5.74, 6) is 0.327. The second kappa shape index (κ2) is 8.29. The van der Waals surface area contributed by atoms with Crippen molar-refractivity contribution in [1.29, 1.82) is 0 Å². The fraction of sp³-hybridized carbons (Fsp3) is 0.333. The molecule has 0 unspecified atom stereocenters. The van der Waals surface area contributed by atoms with Crippen molar-refractivity contribution in [3.05, 3.63) is 77.6 Å². The molecular formula is C27H25F3N6O. The van der Waals surface area contributed by atoms with Crippen molar-refractivity contribution in [2.45, 2.75) is 32.5 Å². The third-order valence-corrected chi connectivity index (χ3v) is 7.72. The number of hydrogen-bond donors (Lipinski definition) is 0. The van der Waals surface area contributed by atoms with E-state index in [1.54, 1.807) is 25.4 Å². The maximum absolute atomic E-state index is 14.3. The van der Waals surface area contributed by atoms with Crippen molar-refractivity contribution < 1.29 is 18.0 Å². The fourth-order valence-electron chi connectivity index (χ4n) is 5.81. The summed E-state index contributed by atoms with van der Waals surface area (Å²) in [5, 5.41) is 6.09. The van der Waals surface area contributed by atoms with E-state index in [4.69, 9.17) is 0 Å². The van der Waals surface area contributed by atoms with Gasteiger partial charge >= 0.3 is 6.18 Å². The molecule has 0 radical (unpaired) electrons. The number of amides is 1. The molecule has 7 nitrogen and oxygen atoms in total. The highest BCUT2D eigenvalue weighted by atomic mass is 19.4. The summed E-state index contributed by atoms with van der Waals surface area (Å²) in [5.41, 5.74) is 1.66. The van der Waals surface area contributed by atoms with E-state index in [2.05, 4.69) is 20.0 Å². The van der Waals surface area contributed by atoms with Gasteiger partial charge in [0.15, 0.2) is 0 Å². The molecular weight excluding hydrogens is 481 g/mol. The quantitative estimate of drug-likeness (QED) is 0.514. The molecule has 2 aromatic carbocycles. The van der Waals surface area contributed by atoms with Crippen LogP contribution < -0.4 is 14.8 Å². The zero-order valence-corrected chi connectivity index (χ0v) is 20.4. The molecule has 6 rings (SSSR count). The van der Waals surface area contributed by atoms with E-state index in [1.807, 2.05) is 36.1 Å². The number of carbonyl (C=O) groups is 1. The molecule has 0 N–H and O–H groups in total. The number of rotatable bonds is 2. The lowest BCUT2D eigenvalue weighted by Crippen LogP contribution is -2.67. The van der Waals surface area contributed by atoms with E-state index in [9.17, 15) is 18.0 Å². The average molecular weight is 507 g/mol. The molecule has 0 saturated carbocycles. The van der Waals surface area contributed by atoms with Gasteiger partial charge in [-0.1, -0.05) is 17.7 Å². The number of nitrogens with zero attached hydrogens (tertiary/aromatic N) is 6. The first kappa shape index (κ1) is 23.4. The summed E-state index contributed by atoms with van der Waals surface area (Å²) in [7, 11) is 0. The van der Waals surface area contributed by atoms with E-state index in [-0.39, 0.29) is 18.4 Å². The van der Waals surface area contributed by atoms with Crippen LogP contribution >= 0.6 is 0 Å². The average Bonchev–Trinajstić information content (AvgIpc) is 3.14. The number of piperazine rings is 1. The Morgan fingerprint density at radius 1 is 1.00 bits per heavy atom. The van der Waals surface area contributed by atoms with Gasteiger partial charge < -0.3 is 9.80 Å². The molecule has 10 heteroatoms. The monoisotopic (exact) mass is 506 g/mol. The van der Waals surface area contributed by atoms with Crippen molar-refractivity contribution in [3.63, 3.8) is 0 Å². The summed E-state index contributed by atoms with van der Waals surface area (Å²) in [4.78, 5) is 27.2. The highest BCUT2D eigenvalue weighted by Crippen LogP contribution is 2.49. The topological polar surface area (TPSA) is 64.9 Å². The van der Waals surface area contributed by atoms with E-state index in [0.29, 0.717) is 42.5 Å². The number of hydrazone groups is 1. The summed E-state index contributed by atoms with van der Waals surface area (Å²) in [6, 6.07) is 12.7. The number of benzene rings is 2. The van der Waals surface area contributed by atoms with Gasteiger partial charge in [-0.25, -0.2) is 9.97 Å². The normalized spacial score (nSPS) is 23.3. The van der Waals surface area contributed by atoms with E-state index >= 15 is 0 Å². The molecule has 3 aliphatic heterocycles. The zero-order chi connectivity index (χ0) is 25.9. The second-order valence-corrected chi connectivity index (χ2v) is 9.83. The Morgan fingerprint density at radius 3 is 2.43 bits per heavy atom. The smallest absolute Gasteiger partial charge is 0.363 e. The van der Waals surface area contributed by atoms with E-state index in [0.717, 1.165) is 17.3 Å². The number of alkyl halides is 3. The van der Waals surface area contributed by atoms with Crippen molar-refractivity contribution in [3.8, 4) is 0 Å². The molecule has 1 amide bonds. The van der Waals surface area contributed by atoms with Gasteiger partial charge in [-0.3, -0.25) is 4.79 Å². The Hall–Kier alpha value is -3.95. The molecule has 3 aromatic rings. The van der Waals surface area contributed by atoms with Gasteiger partial charge in [-0.2, -0.15) is 23.3 Å². The molecule has 1 saturated heterocycles. The van der Waals surface area contributed by atoms with Crippen molar-refractivity contribution in [1.82, 2.24) is 9.97 Å². The van der Waals surface area contributed by atoms with Gasteiger partial charge in [0.05, 0.1) is 23.0 Å². The summed E-state index contributed by atoms with van der Waals surface area (Å²) in [6.07, 6.45) is -0.996. The van der Waals surface area contributed by atoms with Crippen LogP contribution in [0.2, 0.25) is 0 Å². The first-order chi connectivity index (χ1) is 17.7. The van der Waals surface area contributed by atoms with Gasteiger partial charge in [0.2, 0.25) is 5.95 Å². The van der Waals surface area contributed by atoms with Crippen molar-refractivity contribution in [2.24, 2.45) is 10.5 Å². The van der Waals surface area contributed by atoms with Crippen LogP contribution in [-0.2, 0) is 17.4 Å². The molecule has 190 valence electrons. The molecule has 0 bridgehead atoms. The van der Waals surface area contributed by atoms with Crippen LogP contribution in [0.1, 0.15) is 23.6 Å². The van der Waals surface area contributed by atoms with Crippen LogP contribution in [0.15, 0.2) is 66.0 Å². The predicted molar refractivity (Wildman–Crippen MR) is 135 cm³/mol. The largest absolute Gasteiger partial charge is 0.416 e. The lowest BCUT2D eigenvalue weighted by atomic mass is 9.67. The van der Waals surface area contributed by atoms with Gasteiger partial charge in [0.1, 0.15) is 5.41 Å². The first-order valence-electron chi connectivity index (χ1n) is 12.1. The molecule has 0 aliphatic carbocycles. The number of fused-ring (bicyclic) bond motifs is 4. The Kier molecular flexibility index (Phi) is 5.25. The van der Waals surface area contributed by atoms with Crippen LogP contribution in [0.4, 0.5) is 30.5 Å². The molecule has 37 heavy (non-hydrogen) atoms. The maximum atomic E-state index is 14.3. The third kappa shape index (κ3) is 3.65. The molecule has 1 spiro atoms. The standard InChI is InChI=1S/C27H25F3N6O/c1-17-4-7-21(8-5-17)36-24(37)26(18(2)33-36)15-19-14-20(27(28,29)30)6-9-22(19)35-13-12-34(16-23(26)35)25-31-10-3-11-32-25/h3-11,14,23H,12-13,15-16H2,1-2H3/t23-,26+/m1/s1. The molecule has 1 fully saturated rings. The highest BCUT2D eigenvalue weighted by molar-refractivity contribution is 6.20. The molecule has 3 aliphatic rings. The van der Waals surface area contributed by atoms with Crippen molar-refractivity contribution >= 4 is 28.9 Å². The highest BCUT2D eigenvalue weighted by Gasteiger charge is 2.60. The third-order valence-electron chi connectivity index (χ3n) is 7.72. The van der Waals surface area contributed by atoms with Crippen LogP contribution in [0, 0.1) is 12.3 Å². The number of hydrogen-bond acceptors (Lipinski definition) is 6. The minimum atomic E-state index is -4.47. The minimum Gasteiger partial charge on any atom is -0.363 e. The van der Waals surface area contributed by atoms with Gasteiger partial charge in [0.25, 0.3) is 5.91 Å². The van der Waals surface area contributed by atoms with E-state index < -0.39 is 17.2 Å². The van der Waals surface area contributed by atoms with Crippen molar-refractivity contribution in [2.75, 3.05) is 34.4 Å². The molecule has 1 aromatic heterocycles.